The van der Waals surface area contributed by atoms with Crippen molar-refractivity contribution in [1.82, 2.24) is 5.32 Å². The molecule has 0 heterocycles. The largest absolute Gasteiger partial charge is 0.385 e. The highest BCUT2D eigenvalue weighted by molar-refractivity contribution is 4.71. The van der Waals surface area contributed by atoms with Crippen molar-refractivity contribution in [3.8, 4) is 0 Å². The SMILES string of the molecule is COCCCNCCCC(C)(C)N. The van der Waals surface area contributed by atoms with Crippen molar-refractivity contribution in [2.75, 3.05) is 26.8 Å². The average Bonchev–Trinajstić information content (AvgIpc) is 2.01. The molecule has 0 aromatic carbocycles. The minimum atomic E-state index is -0.0196. The van der Waals surface area contributed by atoms with Crippen LogP contribution in [0.5, 0.6) is 0 Å². The Morgan fingerprint density at radius 3 is 2.38 bits per heavy atom. The lowest BCUT2D eigenvalue weighted by Crippen LogP contribution is -2.32. The molecule has 3 nitrogen and oxygen atoms in total. The normalized spacial score (nSPS) is 12.0. The highest BCUT2D eigenvalue weighted by atomic mass is 16.5. The summed E-state index contributed by atoms with van der Waals surface area (Å²) >= 11 is 0. The van der Waals surface area contributed by atoms with Gasteiger partial charge in [-0.2, -0.15) is 0 Å². The number of methoxy groups -OCH3 is 1. The fourth-order valence-corrected chi connectivity index (χ4v) is 1.14. The van der Waals surface area contributed by atoms with Gasteiger partial charge in [0.05, 0.1) is 0 Å². The molecule has 0 unspecified atom stereocenters. The third kappa shape index (κ3) is 11.9. The van der Waals surface area contributed by atoms with Crippen LogP contribution in [0.2, 0.25) is 0 Å². The predicted octanol–water partition coefficient (Wildman–Crippen LogP) is 1.13. The molecule has 0 bridgehead atoms. The lowest BCUT2D eigenvalue weighted by molar-refractivity contribution is 0.194. The number of ether oxygens (including phenoxy) is 1. The third-order valence-corrected chi connectivity index (χ3v) is 1.88. The van der Waals surface area contributed by atoms with Gasteiger partial charge in [-0.15, -0.1) is 0 Å². The molecule has 0 rings (SSSR count). The zero-order valence-corrected chi connectivity index (χ0v) is 9.23. The summed E-state index contributed by atoms with van der Waals surface area (Å²) in [6.07, 6.45) is 3.31. The number of hydrogen-bond acceptors (Lipinski definition) is 3. The summed E-state index contributed by atoms with van der Waals surface area (Å²) in [6, 6.07) is 0. The van der Waals surface area contributed by atoms with Crippen LogP contribution in [-0.4, -0.2) is 32.3 Å². The van der Waals surface area contributed by atoms with E-state index in [1.54, 1.807) is 7.11 Å². The zero-order valence-electron chi connectivity index (χ0n) is 9.23. The number of hydrogen-bond donors (Lipinski definition) is 2. The summed E-state index contributed by atoms with van der Waals surface area (Å²) in [7, 11) is 1.73. The first kappa shape index (κ1) is 12.9. The topological polar surface area (TPSA) is 47.3 Å². The minimum absolute atomic E-state index is 0.0196. The van der Waals surface area contributed by atoms with Gasteiger partial charge in [-0.1, -0.05) is 0 Å². The Morgan fingerprint density at radius 2 is 1.85 bits per heavy atom. The van der Waals surface area contributed by atoms with Gasteiger partial charge < -0.3 is 15.8 Å². The van der Waals surface area contributed by atoms with E-state index in [0.29, 0.717) is 0 Å². The summed E-state index contributed by atoms with van der Waals surface area (Å²) < 4.78 is 4.94. The Kier molecular flexibility index (Phi) is 7.23. The molecule has 0 aromatic rings. The molecule has 13 heavy (non-hydrogen) atoms. The van der Waals surface area contributed by atoms with E-state index in [9.17, 15) is 0 Å². The first-order valence-corrected chi connectivity index (χ1v) is 5.05. The molecule has 0 aliphatic heterocycles. The van der Waals surface area contributed by atoms with Gasteiger partial charge in [0.25, 0.3) is 0 Å². The molecule has 0 amide bonds. The van der Waals surface area contributed by atoms with Gasteiger partial charge in [0, 0.05) is 19.3 Å². The zero-order chi connectivity index (χ0) is 10.2. The Bertz CT molecular complexity index is 110. The summed E-state index contributed by atoms with van der Waals surface area (Å²) in [5.41, 5.74) is 5.83. The van der Waals surface area contributed by atoms with Crippen LogP contribution in [0.15, 0.2) is 0 Å². The Hall–Kier alpha value is -0.120. The molecule has 3 heteroatoms. The molecular formula is C10H24N2O. The summed E-state index contributed by atoms with van der Waals surface area (Å²) in [6.45, 7) is 7.08. The fourth-order valence-electron chi connectivity index (χ4n) is 1.14. The summed E-state index contributed by atoms with van der Waals surface area (Å²) in [5.74, 6) is 0. The van der Waals surface area contributed by atoms with E-state index in [-0.39, 0.29) is 5.54 Å². The molecule has 0 saturated heterocycles. The summed E-state index contributed by atoms with van der Waals surface area (Å²) in [4.78, 5) is 0. The maximum atomic E-state index is 5.85. The number of rotatable bonds is 8. The number of nitrogens with two attached hydrogens (primary N) is 1. The highest BCUT2D eigenvalue weighted by Gasteiger charge is 2.08. The van der Waals surface area contributed by atoms with Crippen LogP contribution in [0.3, 0.4) is 0 Å². The second-order valence-corrected chi connectivity index (χ2v) is 4.19. The average molecular weight is 188 g/mol. The van der Waals surface area contributed by atoms with Crippen LogP contribution in [0.25, 0.3) is 0 Å². The predicted molar refractivity (Wildman–Crippen MR) is 56.9 cm³/mol. The Morgan fingerprint density at radius 1 is 1.23 bits per heavy atom. The van der Waals surface area contributed by atoms with Crippen molar-refractivity contribution in [1.29, 1.82) is 0 Å². The molecular weight excluding hydrogens is 164 g/mol. The van der Waals surface area contributed by atoms with E-state index in [4.69, 9.17) is 10.5 Å². The fraction of sp³-hybridized carbons (Fsp3) is 1.00. The molecule has 0 fully saturated rings. The van der Waals surface area contributed by atoms with Crippen molar-refractivity contribution in [2.24, 2.45) is 5.73 Å². The van der Waals surface area contributed by atoms with Crippen molar-refractivity contribution in [3.05, 3.63) is 0 Å². The smallest absolute Gasteiger partial charge is 0.0474 e. The van der Waals surface area contributed by atoms with Gasteiger partial charge in [0.2, 0.25) is 0 Å². The van der Waals surface area contributed by atoms with Crippen LogP contribution in [0, 0.1) is 0 Å². The third-order valence-electron chi connectivity index (χ3n) is 1.88. The van der Waals surface area contributed by atoms with E-state index in [0.717, 1.165) is 39.0 Å². The standard InChI is InChI=1S/C10H24N2O/c1-10(2,11)6-4-7-12-8-5-9-13-3/h12H,4-9,11H2,1-3H3. The molecule has 0 aliphatic carbocycles. The van der Waals surface area contributed by atoms with Crippen molar-refractivity contribution in [2.45, 2.75) is 38.6 Å². The lowest BCUT2D eigenvalue weighted by atomic mass is 10.0. The molecule has 0 spiro atoms. The maximum Gasteiger partial charge on any atom is 0.0474 e. The van der Waals surface area contributed by atoms with Gasteiger partial charge in [-0.05, 0) is 46.2 Å². The van der Waals surface area contributed by atoms with Crippen LogP contribution >= 0.6 is 0 Å². The monoisotopic (exact) mass is 188 g/mol. The minimum Gasteiger partial charge on any atom is -0.385 e. The molecule has 80 valence electrons. The molecule has 0 aliphatic rings. The molecule has 0 atom stereocenters. The van der Waals surface area contributed by atoms with Crippen LogP contribution in [-0.2, 0) is 4.74 Å². The van der Waals surface area contributed by atoms with Gasteiger partial charge >= 0.3 is 0 Å². The van der Waals surface area contributed by atoms with E-state index < -0.39 is 0 Å². The Labute approximate surface area is 82.0 Å². The van der Waals surface area contributed by atoms with Crippen molar-refractivity contribution < 1.29 is 4.74 Å². The van der Waals surface area contributed by atoms with Gasteiger partial charge in [0.15, 0.2) is 0 Å². The van der Waals surface area contributed by atoms with E-state index >= 15 is 0 Å². The van der Waals surface area contributed by atoms with E-state index in [2.05, 4.69) is 19.2 Å². The van der Waals surface area contributed by atoms with Crippen molar-refractivity contribution in [3.63, 3.8) is 0 Å². The first-order chi connectivity index (χ1) is 6.06. The van der Waals surface area contributed by atoms with Crippen LogP contribution in [0.4, 0.5) is 0 Å². The molecule has 3 N–H and O–H groups in total. The van der Waals surface area contributed by atoms with Gasteiger partial charge in [-0.3, -0.25) is 0 Å². The summed E-state index contributed by atoms with van der Waals surface area (Å²) in [5, 5.41) is 3.36. The van der Waals surface area contributed by atoms with E-state index in [1.165, 1.54) is 0 Å². The quantitative estimate of drug-likeness (QED) is 0.561. The van der Waals surface area contributed by atoms with Gasteiger partial charge in [-0.25, -0.2) is 0 Å². The lowest BCUT2D eigenvalue weighted by Gasteiger charge is -2.17. The Balaban J connectivity index is 3.00. The van der Waals surface area contributed by atoms with Crippen LogP contribution in [0.1, 0.15) is 33.1 Å². The molecule has 0 aromatic heterocycles. The maximum absolute atomic E-state index is 5.85. The van der Waals surface area contributed by atoms with Gasteiger partial charge in [0.1, 0.15) is 0 Å². The van der Waals surface area contributed by atoms with Crippen molar-refractivity contribution >= 4 is 0 Å². The molecule has 0 saturated carbocycles. The highest BCUT2D eigenvalue weighted by Crippen LogP contribution is 2.05. The van der Waals surface area contributed by atoms with E-state index in [1.807, 2.05) is 0 Å². The molecule has 0 radical (unpaired) electrons. The van der Waals surface area contributed by atoms with Crippen LogP contribution < -0.4 is 11.1 Å². The number of nitrogens with one attached hydrogen (secondary N) is 1. The second-order valence-electron chi connectivity index (χ2n) is 4.19. The first-order valence-electron chi connectivity index (χ1n) is 5.05. The second kappa shape index (κ2) is 7.30.